The fourth-order valence-corrected chi connectivity index (χ4v) is 4.14. The lowest BCUT2D eigenvalue weighted by atomic mass is 10.2. The van der Waals surface area contributed by atoms with E-state index in [1.165, 1.54) is 24.4 Å². The average molecular weight is 508 g/mol. The fraction of sp³-hybridized carbons (Fsp3) is 0.318. The SMILES string of the molecule is O=C(NO)c1ccnc(N2C[C@@H]3C(NCc4ccc5cc(F)ccc5n4)[C@@H]3C2)n1.O=C(O)C(F)(F)F. The molecule has 3 aromatic rings. The fourth-order valence-electron chi connectivity index (χ4n) is 4.14. The molecular weight excluding hydrogens is 488 g/mol. The third-order valence-electron chi connectivity index (χ3n) is 5.92. The van der Waals surface area contributed by atoms with Gasteiger partial charge < -0.3 is 15.3 Å². The highest BCUT2D eigenvalue weighted by Gasteiger charge is 2.56. The maximum Gasteiger partial charge on any atom is 0.490 e. The molecule has 36 heavy (non-hydrogen) atoms. The Morgan fingerprint density at radius 2 is 1.78 bits per heavy atom. The third kappa shape index (κ3) is 5.66. The Morgan fingerprint density at radius 1 is 1.08 bits per heavy atom. The van der Waals surface area contributed by atoms with Crippen molar-refractivity contribution < 1.29 is 37.5 Å². The number of nitrogens with one attached hydrogen (secondary N) is 2. The lowest BCUT2D eigenvalue weighted by molar-refractivity contribution is -0.192. The summed E-state index contributed by atoms with van der Waals surface area (Å²) in [4.78, 5) is 35.5. The number of halogens is 4. The number of carbonyl (C=O) groups is 2. The quantitative estimate of drug-likeness (QED) is 0.232. The molecule has 1 saturated heterocycles. The number of carboxylic acids is 1. The number of hydrogen-bond acceptors (Lipinski definition) is 8. The van der Waals surface area contributed by atoms with Crippen LogP contribution in [0.1, 0.15) is 16.2 Å². The zero-order chi connectivity index (χ0) is 26.0. The first-order valence-corrected chi connectivity index (χ1v) is 10.7. The summed E-state index contributed by atoms with van der Waals surface area (Å²) < 4.78 is 45.0. The molecule has 3 atom stereocenters. The topological polar surface area (TPSA) is 141 Å². The van der Waals surface area contributed by atoms with Crippen LogP contribution in [0.3, 0.4) is 0 Å². The van der Waals surface area contributed by atoms with Crippen LogP contribution >= 0.6 is 0 Å². The normalized spacial score (nSPS) is 20.4. The van der Waals surface area contributed by atoms with E-state index in [9.17, 15) is 22.4 Å². The highest BCUT2D eigenvalue weighted by molar-refractivity contribution is 5.91. The minimum atomic E-state index is -5.08. The van der Waals surface area contributed by atoms with Crippen LogP contribution in [0.4, 0.5) is 23.5 Å². The van der Waals surface area contributed by atoms with Gasteiger partial charge in [0, 0.05) is 37.3 Å². The standard InChI is InChI=1S/C20H19FN6O2.C2HF3O2/c21-12-2-4-16-11(7-12)1-3-13(24-16)8-23-18-14-9-27(10-15(14)18)20-22-6-5-17(25-20)19(28)26-29;3-2(4,5)1(6)7/h1-7,14-15,18,23,29H,8-10H2,(H,26,28);(H,6,7)/t14-,15+,18?;. The summed E-state index contributed by atoms with van der Waals surface area (Å²) in [5.74, 6) is -2.16. The Bertz CT molecular complexity index is 1280. The molecule has 1 aliphatic heterocycles. The van der Waals surface area contributed by atoms with E-state index in [0.29, 0.717) is 30.4 Å². The van der Waals surface area contributed by atoms with E-state index in [4.69, 9.17) is 15.1 Å². The molecule has 1 aromatic carbocycles. The molecular formula is C22H20F4N6O4. The van der Waals surface area contributed by atoms with Crippen molar-refractivity contribution in [1.82, 2.24) is 25.7 Å². The maximum absolute atomic E-state index is 13.3. The third-order valence-corrected chi connectivity index (χ3v) is 5.92. The number of alkyl halides is 3. The van der Waals surface area contributed by atoms with Gasteiger partial charge in [-0.15, -0.1) is 0 Å². The van der Waals surface area contributed by atoms with E-state index in [0.717, 1.165) is 29.7 Å². The van der Waals surface area contributed by atoms with Crippen molar-refractivity contribution in [3.63, 3.8) is 0 Å². The van der Waals surface area contributed by atoms with Gasteiger partial charge in [0.2, 0.25) is 5.95 Å². The van der Waals surface area contributed by atoms with E-state index >= 15 is 0 Å². The van der Waals surface area contributed by atoms with Crippen molar-refractivity contribution in [2.24, 2.45) is 11.8 Å². The summed E-state index contributed by atoms with van der Waals surface area (Å²) in [6.07, 6.45) is -3.57. The van der Waals surface area contributed by atoms with Crippen molar-refractivity contribution >= 4 is 28.7 Å². The lowest BCUT2D eigenvalue weighted by Gasteiger charge is -2.20. The Morgan fingerprint density at radius 3 is 2.42 bits per heavy atom. The molecule has 0 bridgehead atoms. The highest BCUT2D eigenvalue weighted by atomic mass is 19.4. The molecule has 1 saturated carbocycles. The van der Waals surface area contributed by atoms with E-state index in [1.807, 2.05) is 12.1 Å². The first-order chi connectivity index (χ1) is 17.1. The monoisotopic (exact) mass is 508 g/mol. The molecule has 2 aliphatic rings. The van der Waals surface area contributed by atoms with Crippen LogP contribution in [0.25, 0.3) is 10.9 Å². The molecule has 14 heteroatoms. The van der Waals surface area contributed by atoms with Crippen LogP contribution in [0, 0.1) is 17.7 Å². The van der Waals surface area contributed by atoms with Gasteiger partial charge in [0.1, 0.15) is 11.5 Å². The van der Waals surface area contributed by atoms with Crippen molar-refractivity contribution in [3.05, 3.63) is 59.8 Å². The van der Waals surface area contributed by atoms with Crippen LogP contribution in [0.5, 0.6) is 0 Å². The number of pyridine rings is 1. The minimum absolute atomic E-state index is 0.134. The second-order valence-electron chi connectivity index (χ2n) is 8.26. The van der Waals surface area contributed by atoms with Gasteiger partial charge in [-0.2, -0.15) is 13.2 Å². The summed E-state index contributed by atoms with van der Waals surface area (Å²) in [7, 11) is 0. The predicted octanol–water partition coefficient (Wildman–Crippen LogP) is 2.14. The van der Waals surface area contributed by atoms with Gasteiger partial charge in [-0.05, 0) is 42.2 Å². The number of hydrogen-bond donors (Lipinski definition) is 4. The van der Waals surface area contributed by atoms with Crippen LogP contribution < -0.4 is 15.7 Å². The minimum Gasteiger partial charge on any atom is -0.475 e. The number of fused-ring (bicyclic) bond motifs is 2. The molecule has 5 rings (SSSR count). The van der Waals surface area contributed by atoms with Gasteiger partial charge in [-0.3, -0.25) is 15.0 Å². The first-order valence-electron chi connectivity index (χ1n) is 10.7. The van der Waals surface area contributed by atoms with E-state index in [1.54, 1.807) is 11.5 Å². The first kappa shape index (κ1) is 25.2. The van der Waals surface area contributed by atoms with Gasteiger partial charge in [0.05, 0.1) is 11.2 Å². The van der Waals surface area contributed by atoms with Crippen molar-refractivity contribution in [1.29, 1.82) is 0 Å². The number of carboxylic acid groups (broad SMARTS) is 1. The Kier molecular flexibility index (Phi) is 6.99. The van der Waals surface area contributed by atoms with E-state index in [-0.39, 0.29) is 11.5 Å². The molecule has 3 heterocycles. The maximum atomic E-state index is 13.3. The van der Waals surface area contributed by atoms with Gasteiger partial charge in [0.15, 0.2) is 0 Å². The number of aliphatic carboxylic acids is 1. The zero-order valence-corrected chi connectivity index (χ0v) is 18.4. The number of rotatable bonds is 5. The Balaban J connectivity index is 0.000000384. The second kappa shape index (κ2) is 9.99. The van der Waals surface area contributed by atoms with E-state index in [2.05, 4.69) is 25.2 Å². The molecule has 2 aromatic heterocycles. The number of anilines is 1. The number of nitrogens with zero attached hydrogens (tertiary/aromatic N) is 4. The number of amides is 1. The summed E-state index contributed by atoms with van der Waals surface area (Å²) in [5, 5.41) is 20.2. The molecule has 0 radical (unpaired) electrons. The molecule has 2 fully saturated rings. The Hall–Kier alpha value is -3.91. The number of piperidine rings is 1. The van der Waals surface area contributed by atoms with Crippen LogP contribution in [-0.2, 0) is 11.3 Å². The smallest absolute Gasteiger partial charge is 0.475 e. The number of hydroxylamine groups is 1. The molecule has 190 valence electrons. The second-order valence-corrected chi connectivity index (χ2v) is 8.26. The molecule has 1 amide bonds. The summed E-state index contributed by atoms with van der Waals surface area (Å²) in [6.45, 7) is 2.29. The van der Waals surface area contributed by atoms with Gasteiger partial charge in [-0.1, -0.05) is 6.07 Å². The molecule has 0 spiro atoms. The number of aromatic nitrogens is 3. The van der Waals surface area contributed by atoms with Crippen molar-refractivity contribution in [2.75, 3.05) is 18.0 Å². The van der Waals surface area contributed by atoms with Gasteiger partial charge in [-0.25, -0.2) is 24.6 Å². The largest absolute Gasteiger partial charge is 0.490 e. The molecule has 10 nitrogen and oxygen atoms in total. The van der Waals surface area contributed by atoms with Crippen LogP contribution in [-0.4, -0.2) is 62.4 Å². The van der Waals surface area contributed by atoms with Crippen molar-refractivity contribution in [3.8, 4) is 0 Å². The number of carbonyl (C=O) groups excluding carboxylic acids is 1. The lowest BCUT2D eigenvalue weighted by Crippen LogP contribution is -2.32. The average Bonchev–Trinajstić information content (AvgIpc) is 3.30. The predicted molar refractivity (Wildman–Crippen MR) is 116 cm³/mol. The summed E-state index contributed by atoms with van der Waals surface area (Å²) in [5.41, 5.74) is 3.44. The summed E-state index contributed by atoms with van der Waals surface area (Å²) in [6, 6.07) is 10.3. The van der Waals surface area contributed by atoms with Gasteiger partial charge >= 0.3 is 12.1 Å². The number of benzene rings is 1. The molecule has 1 aliphatic carbocycles. The van der Waals surface area contributed by atoms with Gasteiger partial charge in [0.25, 0.3) is 5.91 Å². The molecule has 4 N–H and O–H groups in total. The van der Waals surface area contributed by atoms with Crippen molar-refractivity contribution in [2.45, 2.75) is 18.8 Å². The van der Waals surface area contributed by atoms with Crippen LogP contribution in [0.15, 0.2) is 42.6 Å². The highest BCUT2D eigenvalue weighted by Crippen LogP contribution is 2.46. The van der Waals surface area contributed by atoms with Crippen LogP contribution in [0.2, 0.25) is 0 Å². The Labute approximate surface area is 200 Å². The van der Waals surface area contributed by atoms with E-state index < -0.39 is 18.1 Å². The summed E-state index contributed by atoms with van der Waals surface area (Å²) >= 11 is 0. The molecule has 1 unspecified atom stereocenters. The zero-order valence-electron chi connectivity index (χ0n) is 18.4.